The van der Waals surface area contributed by atoms with Crippen molar-refractivity contribution < 1.29 is 0 Å². The number of hydrogen-bond donors (Lipinski definition) is 2. The van der Waals surface area contributed by atoms with E-state index >= 15 is 0 Å². The lowest BCUT2D eigenvalue weighted by Gasteiger charge is -1.84. The van der Waals surface area contributed by atoms with Gasteiger partial charge < -0.3 is 0 Å². The van der Waals surface area contributed by atoms with Crippen LogP contribution in [0.15, 0.2) is 12.2 Å². The molecule has 0 amide bonds. The van der Waals surface area contributed by atoms with Gasteiger partial charge in [-0.1, -0.05) is 12.2 Å². The highest BCUT2D eigenvalue weighted by Gasteiger charge is 1.75. The first-order chi connectivity index (χ1) is 3.91. The predicted octanol–water partition coefficient (Wildman–Crippen LogP) is 2.18. The Labute approximate surface area is 62.2 Å². The lowest BCUT2D eigenvalue weighted by Crippen LogP contribution is -1.70. The Morgan fingerprint density at radius 2 is 1.88 bits per heavy atom. The molecule has 48 valence electrons. The molecule has 0 saturated heterocycles. The van der Waals surface area contributed by atoms with Crippen LogP contribution < -0.4 is 0 Å². The van der Waals surface area contributed by atoms with Crippen LogP contribution in [-0.2, 0) is 0 Å². The van der Waals surface area contributed by atoms with Crippen molar-refractivity contribution in [3.8, 4) is 0 Å². The van der Waals surface area contributed by atoms with E-state index < -0.39 is 0 Å². The van der Waals surface area contributed by atoms with Gasteiger partial charge in [-0.05, 0) is 18.6 Å². The summed E-state index contributed by atoms with van der Waals surface area (Å²) in [7, 11) is 0. The molecule has 0 aromatic rings. The first kappa shape index (κ1) is 8.44. The van der Waals surface area contributed by atoms with Crippen LogP contribution >= 0.6 is 25.3 Å². The average molecular weight is 148 g/mol. The van der Waals surface area contributed by atoms with Gasteiger partial charge in [-0.3, -0.25) is 0 Å². The number of hydrogen-bond acceptors (Lipinski definition) is 2. The van der Waals surface area contributed by atoms with Crippen LogP contribution in [0.2, 0.25) is 0 Å². The van der Waals surface area contributed by atoms with E-state index in [1.807, 2.05) is 0 Å². The van der Waals surface area contributed by atoms with Crippen molar-refractivity contribution in [2.45, 2.75) is 12.8 Å². The second-order valence-corrected chi connectivity index (χ2v) is 2.33. The summed E-state index contributed by atoms with van der Waals surface area (Å²) in [5.74, 6) is 1.84. The van der Waals surface area contributed by atoms with E-state index in [-0.39, 0.29) is 0 Å². The van der Waals surface area contributed by atoms with E-state index in [9.17, 15) is 0 Å². The lowest BCUT2D eigenvalue weighted by atomic mass is 10.3. The van der Waals surface area contributed by atoms with Gasteiger partial charge in [0.05, 0.1) is 0 Å². The maximum Gasteiger partial charge on any atom is 0.00825 e. The van der Waals surface area contributed by atoms with E-state index in [1.54, 1.807) is 0 Å². The van der Waals surface area contributed by atoms with E-state index in [0.717, 1.165) is 17.9 Å². The first-order valence-electron chi connectivity index (χ1n) is 2.78. The molecule has 0 aromatic carbocycles. The van der Waals surface area contributed by atoms with E-state index in [4.69, 9.17) is 0 Å². The Hall–Kier alpha value is 0.440. The third-order valence-electron chi connectivity index (χ3n) is 0.801. The zero-order valence-electron chi connectivity index (χ0n) is 4.88. The van der Waals surface area contributed by atoms with Gasteiger partial charge in [0, 0.05) is 5.75 Å². The van der Waals surface area contributed by atoms with Gasteiger partial charge >= 0.3 is 0 Å². The zero-order valence-corrected chi connectivity index (χ0v) is 6.67. The monoisotopic (exact) mass is 148 g/mol. The SMILES string of the molecule is SCC=CCCCS. The zero-order chi connectivity index (χ0) is 6.24. The Bertz CT molecular complexity index is 59.5. The van der Waals surface area contributed by atoms with E-state index in [1.165, 1.54) is 6.42 Å². The third kappa shape index (κ3) is 6.44. The summed E-state index contributed by atoms with van der Waals surface area (Å²) in [5, 5.41) is 0. The highest BCUT2D eigenvalue weighted by atomic mass is 32.1. The predicted molar refractivity (Wildman–Crippen MR) is 46.1 cm³/mol. The summed E-state index contributed by atoms with van der Waals surface area (Å²) in [4.78, 5) is 0. The highest BCUT2D eigenvalue weighted by Crippen LogP contribution is 1.92. The van der Waals surface area contributed by atoms with E-state index in [0.29, 0.717) is 0 Å². The molecule has 2 heteroatoms. The van der Waals surface area contributed by atoms with Gasteiger partial charge in [-0.15, -0.1) is 0 Å². The summed E-state index contributed by atoms with van der Waals surface area (Å²) in [6, 6.07) is 0. The lowest BCUT2D eigenvalue weighted by molar-refractivity contribution is 0.974. The molecule has 0 atom stereocenters. The summed E-state index contributed by atoms with van der Waals surface area (Å²) >= 11 is 8.09. The first-order valence-corrected chi connectivity index (χ1v) is 4.05. The minimum absolute atomic E-state index is 0.854. The molecular weight excluding hydrogens is 136 g/mol. The van der Waals surface area contributed by atoms with Crippen molar-refractivity contribution in [1.82, 2.24) is 0 Å². The molecule has 8 heavy (non-hydrogen) atoms. The van der Waals surface area contributed by atoms with Crippen LogP contribution in [0.5, 0.6) is 0 Å². The molecule has 0 aliphatic carbocycles. The molecule has 0 aliphatic rings. The van der Waals surface area contributed by atoms with Crippen LogP contribution in [0, 0.1) is 0 Å². The van der Waals surface area contributed by atoms with Crippen LogP contribution in [0.4, 0.5) is 0 Å². The molecule has 0 aliphatic heterocycles. The minimum atomic E-state index is 0.854. The van der Waals surface area contributed by atoms with Crippen molar-refractivity contribution in [2.24, 2.45) is 0 Å². The Balaban J connectivity index is 2.80. The van der Waals surface area contributed by atoms with Gasteiger partial charge in [0.15, 0.2) is 0 Å². The quantitative estimate of drug-likeness (QED) is 0.341. The van der Waals surface area contributed by atoms with Crippen LogP contribution in [0.1, 0.15) is 12.8 Å². The molecule has 0 saturated carbocycles. The average Bonchev–Trinajstić information content (AvgIpc) is 1.81. The normalized spacial score (nSPS) is 10.8. The van der Waals surface area contributed by atoms with Gasteiger partial charge in [-0.25, -0.2) is 0 Å². The minimum Gasteiger partial charge on any atom is -0.179 e. The summed E-state index contributed by atoms with van der Waals surface area (Å²) in [6.45, 7) is 0. The second-order valence-electron chi connectivity index (χ2n) is 1.52. The van der Waals surface area contributed by atoms with Crippen LogP contribution in [0.3, 0.4) is 0 Å². The number of rotatable bonds is 4. The fourth-order valence-corrected chi connectivity index (χ4v) is 0.733. The largest absolute Gasteiger partial charge is 0.179 e. The van der Waals surface area contributed by atoms with Gasteiger partial charge in [0.1, 0.15) is 0 Å². The molecular formula is C6H12S2. The fraction of sp³-hybridized carbons (Fsp3) is 0.667. The number of thiol groups is 2. The molecule has 0 N–H and O–H groups in total. The Kier molecular flexibility index (Phi) is 7.85. The Morgan fingerprint density at radius 1 is 1.12 bits per heavy atom. The van der Waals surface area contributed by atoms with Crippen molar-refractivity contribution in [3.05, 3.63) is 12.2 Å². The molecule has 0 spiro atoms. The summed E-state index contributed by atoms with van der Waals surface area (Å²) in [5.41, 5.74) is 0. The summed E-state index contributed by atoms with van der Waals surface area (Å²) < 4.78 is 0. The van der Waals surface area contributed by atoms with Gasteiger partial charge in [0.25, 0.3) is 0 Å². The van der Waals surface area contributed by atoms with Crippen molar-refractivity contribution in [3.63, 3.8) is 0 Å². The van der Waals surface area contributed by atoms with E-state index in [2.05, 4.69) is 37.4 Å². The van der Waals surface area contributed by atoms with Crippen LogP contribution in [0.25, 0.3) is 0 Å². The molecule has 0 aromatic heterocycles. The molecule has 0 bridgehead atoms. The summed E-state index contributed by atoms with van der Waals surface area (Å²) in [6.07, 6.45) is 6.52. The third-order valence-corrected chi connectivity index (χ3v) is 1.33. The van der Waals surface area contributed by atoms with Crippen LogP contribution in [-0.4, -0.2) is 11.5 Å². The molecule has 0 nitrogen and oxygen atoms in total. The highest BCUT2D eigenvalue weighted by molar-refractivity contribution is 7.80. The maximum absolute atomic E-state index is 4.07. The molecule has 0 fully saturated rings. The second kappa shape index (κ2) is 7.44. The van der Waals surface area contributed by atoms with Crippen molar-refractivity contribution in [2.75, 3.05) is 11.5 Å². The fourth-order valence-electron chi connectivity index (χ4n) is 0.402. The molecule has 0 heterocycles. The van der Waals surface area contributed by atoms with Gasteiger partial charge in [-0.2, -0.15) is 25.3 Å². The topological polar surface area (TPSA) is 0 Å². The van der Waals surface area contributed by atoms with Gasteiger partial charge in [0.2, 0.25) is 0 Å². The smallest absolute Gasteiger partial charge is 0.00825 e. The standard InChI is InChI=1S/C6H12S2/c7-5-3-1-2-4-6-8/h1,3,7-8H,2,4-6H2. The molecule has 0 radical (unpaired) electrons. The maximum atomic E-state index is 4.07. The molecule has 0 rings (SSSR count). The Morgan fingerprint density at radius 3 is 2.38 bits per heavy atom. The molecule has 0 unspecified atom stereocenters. The number of unbranched alkanes of at least 4 members (excludes halogenated alkanes) is 1. The number of allylic oxidation sites excluding steroid dienone is 1. The van der Waals surface area contributed by atoms with Crippen molar-refractivity contribution in [1.29, 1.82) is 0 Å². The van der Waals surface area contributed by atoms with Crippen molar-refractivity contribution >= 4 is 25.3 Å².